The Balaban J connectivity index is 2.45. The molecule has 1 aromatic carbocycles. The minimum Gasteiger partial charge on any atom is -0.496 e. The summed E-state index contributed by atoms with van der Waals surface area (Å²) in [6, 6.07) is 6.48. The van der Waals surface area contributed by atoms with Crippen LogP contribution in [0.2, 0.25) is 0 Å². The average Bonchev–Trinajstić information content (AvgIpc) is 2.42. The van der Waals surface area contributed by atoms with Gasteiger partial charge in [0.05, 0.1) is 16.1 Å². The Bertz CT molecular complexity index is 704. The Kier molecular flexibility index (Phi) is 4.84. The lowest BCUT2D eigenvalue weighted by molar-refractivity contribution is 0.0693. The molecule has 21 heavy (non-hydrogen) atoms. The number of pyridine rings is 1. The molecule has 7 heteroatoms. The van der Waals surface area contributed by atoms with Crippen LogP contribution < -0.4 is 9.47 Å². The Morgan fingerprint density at radius 1 is 1.19 bits per heavy atom. The largest absolute Gasteiger partial charge is 0.496 e. The van der Waals surface area contributed by atoms with Crippen LogP contribution in [-0.2, 0) is 0 Å². The SMILES string of the molecule is COc1cc(Br)c(Oc2nc(C)ccc2C(=O)O)cc1Br. The topological polar surface area (TPSA) is 68.7 Å². The predicted molar refractivity (Wildman–Crippen MR) is 84.4 cm³/mol. The molecule has 2 aromatic rings. The second-order valence-electron chi connectivity index (χ2n) is 4.13. The molecule has 0 bridgehead atoms. The summed E-state index contributed by atoms with van der Waals surface area (Å²) in [7, 11) is 1.55. The fourth-order valence-corrected chi connectivity index (χ4v) is 2.51. The zero-order chi connectivity index (χ0) is 15.6. The van der Waals surface area contributed by atoms with E-state index in [0.29, 0.717) is 26.1 Å². The summed E-state index contributed by atoms with van der Waals surface area (Å²) in [5.74, 6) is 0.00891. The first-order chi connectivity index (χ1) is 9.92. The molecular formula is C14H11Br2NO4. The number of rotatable bonds is 4. The van der Waals surface area contributed by atoms with E-state index in [9.17, 15) is 9.90 Å². The number of nitrogens with zero attached hydrogens (tertiary/aromatic N) is 1. The molecule has 2 rings (SSSR count). The maximum atomic E-state index is 11.2. The summed E-state index contributed by atoms with van der Waals surface area (Å²) < 4.78 is 12.1. The minimum absolute atomic E-state index is 0.000518. The van der Waals surface area contributed by atoms with Gasteiger partial charge in [0, 0.05) is 5.69 Å². The van der Waals surface area contributed by atoms with Crippen LogP contribution >= 0.6 is 31.9 Å². The number of hydrogen-bond donors (Lipinski definition) is 1. The molecule has 0 saturated heterocycles. The molecule has 1 N–H and O–H groups in total. The highest BCUT2D eigenvalue weighted by atomic mass is 79.9. The first kappa shape index (κ1) is 15.8. The lowest BCUT2D eigenvalue weighted by Gasteiger charge is -2.12. The van der Waals surface area contributed by atoms with Gasteiger partial charge in [-0.1, -0.05) is 0 Å². The van der Waals surface area contributed by atoms with Gasteiger partial charge in [-0.3, -0.25) is 0 Å². The van der Waals surface area contributed by atoms with Crippen molar-refractivity contribution in [2.45, 2.75) is 6.92 Å². The van der Waals surface area contributed by atoms with E-state index in [2.05, 4.69) is 36.8 Å². The van der Waals surface area contributed by atoms with Gasteiger partial charge in [0.15, 0.2) is 0 Å². The van der Waals surface area contributed by atoms with E-state index in [0.717, 1.165) is 0 Å². The van der Waals surface area contributed by atoms with Crippen molar-refractivity contribution < 1.29 is 19.4 Å². The maximum absolute atomic E-state index is 11.2. The van der Waals surface area contributed by atoms with Gasteiger partial charge in [0.2, 0.25) is 5.88 Å². The van der Waals surface area contributed by atoms with E-state index in [-0.39, 0.29) is 11.4 Å². The fourth-order valence-electron chi connectivity index (χ4n) is 1.62. The predicted octanol–water partition coefficient (Wildman–Crippen LogP) is 4.41. The lowest BCUT2D eigenvalue weighted by Crippen LogP contribution is -2.03. The smallest absolute Gasteiger partial charge is 0.341 e. The van der Waals surface area contributed by atoms with Crippen LogP contribution in [0.15, 0.2) is 33.2 Å². The maximum Gasteiger partial charge on any atom is 0.341 e. The van der Waals surface area contributed by atoms with Crippen LogP contribution in [0, 0.1) is 6.92 Å². The molecule has 0 amide bonds. The van der Waals surface area contributed by atoms with Crippen LogP contribution in [0.1, 0.15) is 16.1 Å². The molecular weight excluding hydrogens is 406 g/mol. The van der Waals surface area contributed by atoms with E-state index in [1.165, 1.54) is 6.07 Å². The van der Waals surface area contributed by atoms with Crippen LogP contribution in [0.3, 0.4) is 0 Å². The van der Waals surface area contributed by atoms with Gasteiger partial charge < -0.3 is 14.6 Å². The molecule has 1 heterocycles. The van der Waals surface area contributed by atoms with Gasteiger partial charge in [-0.25, -0.2) is 9.78 Å². The van der Waals surface area contributed by atoms with E-state index >= 15 is 0 Å². The molecule has 0 aliphatic carbocycles. The molecule has 0 saturated carbocycles. The number of benzene rings is 1. The number of hydrogen-bond acceptors (Lipinski definition) is 4. The molecule has 110 valence electrons. The summed E-state index contributed by atoms with van der Waals surface area (Å²) in [5.41, 5.74) is 0.665. The van der Waals surface area contributed by atoms with Crippen molar-refractivity contribution in [1.82, 2.24) is 4.98 Å². The third-order valence-electron chi connectivity index (χ3n) is 2.64. The normalized spacial score (nSPS) is 10.3. The van der Waals surface area contributed by atoms with Gasteiger partial charge in [-0.05, 0) is 63.0 Å². The van der Waals surface area contributed by atoms with Gasteiger partial charge in [0.1, 0.15) is 17.1 Å². The fraction of sp³-hybridized carbons (Fsp3) is 0.143. The van der Waals surface area contributed by atoms with E-state index in [1.807, 2.05) is 0 Å². The van der Waals surface area contributed by atoms with Crippen molar-refractivity contribution in [3.8, 4) is 17.4 Å². The van der Waals surface area contributed by atoms with Crippen molar-refractivity contribution >= 4 is 37.8 Å². The summed E-state index contributed by atoms with van der Waals surface area (Å²) in [6.45, 7) is 1.76. The quantitative estimate of drug-likeness (QED) is 0.799. The molecule has 5 nitrogen and oxygen atoms in total. The Hall–Kier alpha value is -1.60. The highest BCUT2D eigenvalue weighted by Crippen LogP contribution is 2.38. The Morgan fingerprint density at radius 3 is 2.43 bits per heavy atom. The Morgan fingerprint density at radius 2 is 1.81 bits per heavy atom. The number of aryl methyl sites for hydroxylation is 1. The number of halogens is 2. The molecule has 0 atom stereocenters. The second-order valence-corrected chi connectivity index (χ2v) is 5.84. The number of carboxylic acids is 1. The third-order valence-corrected chi connectivity index (χ3v) is 3.88. The molecule has 0 aliphatic rings. The number of ether oxygens (including phenoxy) is 2. The van der Waals surface area contributed by atoms with Gasteiger partial charge >= 0.3 is 5.97 Å². The van der Waals surface area contributed by atoms with Gasteiger partial charge in [-0.15, -0.1) is 0 Å². The molecule has 0 fully saturated rings. The van der Waals surface area contributed by atoms with Crippen LogP contribution in [0.4, 0.5) is 0 Å². The van der Waals surface area contributed by atoms with Crippen LogP contribution in [-0.4, -0.2) is 23.2 Å². The van der Waals surface area contributed by atoms with Crippen LogP contribution in [0.5, 0.6) is 17.4 Å². The van der Waals surface area contributed by atoms with Crippen molar-refractivity contribution in [1.29, 1.82) is 0 Å². The highest BCUT2D eigenvalue weighted by molar-refractivity contribution is 9.11. The average molecular weight is 417 g/mol. The van der Waals surface area contributed by atoms with E-state index in [1.54, 1.807) is 32.2 Å². The molecule has 0 spiro atoms. The zero-order valence-corrected chi connectivity index (χ0v) is 14.4. The Labute approximate surface area is 138 Å². The van der Waals surface area contributed by atoms with Crippen molar-refractivity contribution in [2.24, 2.45) is 0 Å². The third kappa shape index (κ3) is 3.54. The lowest BCUT2D eigenvalue weighted by atomic mass is 10.2. The summed E-state index contributed by atoms with van der Waals surface area (Å²) in [5, 5.41) is 9.18. The van der Waals surface area contributed by atoms with Gasteiger partial charge in [-0.2, -0.15) is 0 Å². The summed E-state index contributed by atoms with van der Waals surface area (Å²) >= 11 is 6.71. The highest BCUT2D eigenvalue weighted by Gasteiger charge is 2.16. The number of aromatic carboxylic acids is 1. The minimum atomic E-state index is -1.10. The summed E-state index contributed by atoms with van der Waals surface area (Å²) in [4.78, 5) is 15.3. The molecule has 1 aromatic heterocycles. The molecule has 0 aliphatic heterocycles. The summed E-state index contributed by atoms with van der Waals surface area (Å²) in [6.07, 6.45) is 0. The second kappa shape index (κ2) is 6.44. The first-order valence-electron chi connectivity index (χ1n) is 5.84. The van der Waals surface area contributed by atoms with Crippen molar-refractivity contribution in [3.05, 3.63) is 44.5 Å². The molecule has 0 radical (unpaired) electrons. The van der Waals surface area contributed by atoms with Gasteiger partial charge in [0.25, 0.3) is 0 Å². The van der Waals surface area contributed by atoms with Crippen molar-refractivity contribution in [2.75, 3.05) is 7.11 Å². The number of methoxy groups -OCH3 is 1. The zero-order valence-electron chi connectivity index (χ0n) is 11.2. The van der Waals surface area contributed by atoms with E-state index in [4.69, 9.17) is 9.47 Å². The van der Waals surface area contributed by atoms with Crippen molar-refractivity contribution in [3.63, 3.8) is 0 Å². The number of carbonyl (C=O) groups is 1. The monoisotopic (exact) mass is 415 g/mol. The van der Waals surface area contributed by atoms with Crippen LogP contribution in [0.25, 0.3) is 0 Å². The molecule has 0 unspecified atom stereocenters. The number of aromatic nitrogens is 1. The number of carboxylic acid groups (broad SMARTS) is 1. The van der Waals surface area contributed by atoms with E-state index < -0.39 is 5.97 Å². The first-order valence-corrected chi connectivity index (χ1v) is 7.42. The standard InChI is InChI=1S/C14H11Br2NO4/c1-7-3-4-8(14(18)19)13(17-7)21-12-6-9(15)11(20-2)5-10(12)16/h3-6H,1-2H3,(H,18,19).